The van der Waals surface area contributed by atoms with Gasteiger partial charge in [-0.1, -0.05) is 25.6 Å². The Labute approximate surface area is 101 Å². The van der Waals surface area contributed by atoms with Crippen LogP contribution in [0.4, 0.5) is 5.69 Å². The summed E-state index contributed by atoms with van der Waals surface area (Å²) >= 11 is 0. The van der Waals surface area contributed by atoms with Crippen molar-refractivity contribution in [3.63, 3.8) is 0 Å². The van der Waals surface area contributed by atoms with Gasteiger partial charge in [0, 0.05) is 12.1 Å². The highest BCUT2D eigenvalue weighted by Crippen LogP contribution is 2.10. The zero-order chi connectivity index (χ0) is 12.8. The first-order valence-corrected chi connectivity index (χ1v) is 5.54. The summed E-state index contributed by atoms with van der Waals surface area (Å²) in [6, 6.07) is 6.85. The Balaban J connectivity index is 2.70. The molecule has 0 spiro atoms. The molecule has 0 aliphatic carbocycles. The second kappa shape index (κ2) is 5.94. The molecule has 4 nitrogen and oxygen atoms in total. The largest absolute Gasteiger partial charge is 0.511 e. The normalized spacial score (nSPS) is 11.8. The number of nitrogens with one attached hydrogen (secondary N) is 1. The molecule has 0 aromatic heterocycles. The van der Waals surface area contributed by atoms with Crippen LogP contribution in [0.15, 0.2) is 36.6 Å². The van der Waals surface area contributed by atoms with Crippen molar-refractivity contribution in [2.45, 2.75) is 25.8 Å². The fourth-order valence-electron chi connectivity index (χ4n) is 1.44. The number of nitrogens with two attached hydrogens (primary N) is 1. The zero-order valence-corrected chi connectivity index (χ0v) is 9.94. The number of nitrogen functional groups attached to an aromatic ring is 1. The number of aliphatic hydroxyl groups is 1. The number of carbonyl (C=O) groups excluding carboxylic acids is 1. The minimum atomic E-state index is -0.453. The first-order chi connectivity index (χ1) is 8.02. The van der Waals surface area contributed by atoms with Crippen molar-refractivity contribution in [1.82, 2.24) is 5.32 Å². The van der Waals surface area contributed by atoms with Gasteiger partial charge in [-0.25, -0.2) is 0 Å². The van der Waals surface area contributed by atoms with E-state index in [1.54, 1.807) is 19.1 Å². The molecule has 0 heterocycles. The van der Waals surface area contributed by atoms with E-state index in [-0.39, 0.29) is 11.7 Å². The molecule has 0 radical (unpaired) electrons. The molecule has 1 rings (SSSR count). The van der Waals surface area contributed by atoms with E-state index in [4.69, 9.17) is 5.73 Å². The molecule has 92 valence electrons. The highest BCUT2D eigenvalue weighted by molar-refractivity contribution is 5.76. The Morgan fingerprint density at radius 2 is 2.06 bits per heavy atom. The number of carbonyl (C=O) groups is 1. The number of anilines is 1. The van der Waals surface area contributed by atoms with Crippen LogP contribution in [0, 0.1) is 0 Å². The maximum Gasteiger partial charge on any atom is 0.220 e. The smallest absolute Gasteiger partial charge is 0.220 e. The lowest BCUT2D eigenvalue weighted by Crippen LogP contribution is -2.37. The van der Waals surface area contributed by atoms with Crippen LogP contribution in [0.25, 0.3) is 0 Å². The highest BCUT2D eigenvalue weighted by atomic mass is 16.3. The monoisotopic (exact) mass is 234 g/mol. The van der Waals surface area contributed by atoms with Crippen LogP contribution in [0.1, 0.15) is 18.9 Å². The Morgan fingerprint density at radius 3 is 2.53 bits per heavy atom. The Hall–Kier alpha value is -1.97. The third-order valence-corrected chi connectivity index (χ3v) is 2.48. The van der Waals surface area contributed by atoms with E-state index in [1.165, 1.54) is 0 Å². The molecule has 1 unspecified atom stereocenters. The first kappa shape index (κ1) is 13.1. The van der Waals surface area contributed by atoms with Crippen molar-refractivity contribution < 1.29 is 9.90 Å². The van der Waals surface area contributed by atoms with Gasteiger partial charge in [-0.2, -0.15) is 0 Å². The van der Waals surface area contributed by atoms with Gasteiger partial charge in [-0.15, -0.1) is 0 Å². The second-order valence-corrected chi connectivity index (χ2v) is 3.91. The molecule has 4 N–H and O–H groups in total. The molecule has 1 atom stereocenters. The third kappa shape index (κ3) is 4.18. The maximum atomic E-state index is 11.3. The molecular formula is C13H18N2O2. The van der Waals surface area contributed by atoms with Crippen molar-refractivity contribution in [2.75, 3.05) is 5.73 Å². The Kier molecular flexibility index (Phi) is 4.57. The number of aliphatic hydroxyl groups excluding tert-OH is 1. The molecule has 0 saturated carbocycles. The minimum absolute atomic E-state index is 0.0383. The summed E-state index contributed by atoms with van der Waals surface area (Å²) in [5.74, 6) is -0.149. The van der Waals surface area contributed by atoms with E-state index in [0.29, 0.717) is 18.5 Å². The quantitative estimate of drug-likeness (QED) is 0.537. The SMILES string of the molecule is C=C(O)C(Cc1ccc(N)cc1)NC(=O)CC. The molecule has 1 aromatic carbocycles. The Morgan fingerprint density at radius 1 is 1.47 bits per heavy atom. The fourth-order valence-corrected chi connectivity index (χ4v) is 1.44. The molecule has 0 saturated heterocycles. The van der Waals surface area contributed by atoms with Gasteiger partial charge in [0.05, 0.1) is 6.04 Å². The highest BCUT2D eigenvalue weighted by Gasteiger charge is 2.14. The maximum absolute atomic E-state index is 11.3. The van der Waals surface area contributed by atoms with Crippen molar-refractivity contribution in [1.29, 1.82) is 0 Å². The molecule has 1 amide bonds. The van der Waals surface area contributed by atoms with Gasteiger partial charge >= 0.3 is 0 Å². The van der Waals surface area contributed by atoms with Gasteiger partial charge in [-0.05, 0) is 24.1 Å². The molecule has 0 aliphatic heterocycles. The van der Waals surface area contributed by atoms with Gasteiger partial charge in [-0.3, -0.25) is 4.79 Å². The second-order valence-electron chi connectivity index (χ2n) is 3.91. The van der Waals surface area contributed by atoms with Crippen LogP contribution in [-0.2, 0) is 11.2 Å². The predicted octanol–water partition coefficient (Wildman–Crippen LogP) is 1.78. The zero-order valence-electron chi connectivity index (χ0n) is 9.94. The lowest BCUT2D eigenvalue weighted by molar-refractivity contribution is -0.121. The summed E-state index contributed by atoms with van der Waals surface area (Å²) in [5.41, 5.74) is 7.25. The van der Waals surface area contributed by atoms with Crippen molar-refractivity contribution in [3.8, 4) is 0 Å². The molecule has 4 heteroatoms. The molecule has 17 heavy (non-hydrogen) atoms. The van der Waals surface area contributed by atoms with Gasteiger partial charge in [0.15, 0.2) is 0 Å². The van der Waals surface area contributed by atoms with Crippen LogP contribution in [0.2, 0.25) is 0 Å². The van der Waals surface area contributed by atoms with E-state index >= 15 is 0 Å². The van der Waals surface area contributed by atoms with Gasteiger partial charge in [0.1, 0.15) is 5.76 Å². The molecule has 0 bridgehead atoms. The number of rotatable bonds is 5. The van der Waals surface area contributed by atoms with Crippen LogP contribution in [-0.4, -0.2) is 17.1 Å². The van der Waals surface area contributed by atoms with Crippen molar-refractivity contribution in [2.24, 2.45) is 0 Å². The average Bonchev–Trinajstić information content (AvgIpc) is 2.30. The first-order valence-electron chi connectivity index (χ1n) is 5.54. The molecule has 0 aliphatic rings. The standard InChI is InChI=1S/C13H18N2O2/c1-3-13(17)15-12(9(2)16)8-10-4-6-11(14)7-5-10/h4-7,12,16H,2-3,8,14H2,1H3,(H,15,17). The average molecular weight is 234 g/mol. The summed E-state index contributed by atoms with van der Waals surface area (Å²) in [6.45, 7) is 5.23. The van der Waals surface area contributed by atoms with Crippen LogP contribution in [0.3, 0.4) is 0 Å². The van der Waals surface area contributed by atoms with E-state index in [9.17, 15) is 9.90 Å². The third-order valence-electron chi connectivity index (χ3n) is 2.48. The lowest BCUT2D eigenvalue weighted by atomic mass is 10.0. The Bertz CT molecular complexity index is 398. The van der Waals surface area contributed by atoms with Gasteiger partial charge in [0.25, 0.3) is 0 Å². The van der Waals surface area contributed by atoms with Crippen LogP contribution >= 0.6 is 0 Å². The van der Waals surface area contributed by atoms with Crippen LogP contribution in [0.5, 0.6) is 0 Å². The van der Waals surface area contributed by atoms with Crippen molar-refractivity contribution in [3.05, 3.63) is 42.2 Å². The fraction of sp³-hybridized carbons (Fsp3) is 0.308. The summed E-state index contributed by atoms with van der Waals surface area (Å²) in [4.78, 5) is 11.3. The topological polar surface area (TPSA) is 75.3 Å². The predicted molar refractivity (Wildman–Crippen MR) is 68.5 cm³/mol. The number of benzene rings is 1. The number of hydrogen-bond donors (Lipinski definition) is 3. The lowest BCUT2D eigenvalue weighted by Gasteiger charge is -2.17. The summed E-state index contributed by atoms with van der Waals surface area (Å²) in [5, 5.41) is 12.1. The molecule has 1 aromatic rings. The van der Waals surface area contributed by atoms with Gasteiger partial charge in [0.2, 0.25) is 5.91 Å². The van der Waals surface area contributed by atoms with E-state index in [0.717, 1.165) is 5.56 Å². The van der Waals surface area contributed by atoms with Crippen LogP contribution < -0.4 is 11.1 Å². The van der Waals surface area contributed by atoms with Crippen molar-refractivity contribution >= 4 is 11.6 Å². The molecule has 0 fully saturated rings. The number of amides is 1. The van der Waals surface area contributed by atoms with Gasteiger partial charge < -0.3 is 16.2 Å². The molecular weight excluding hydrogens is 216 g/mol. The van der Waals surface area contributed by atoms with E-state index < -0.39 is 6.04 Å². The summed E-state index contributed by atoms with van der Waals surface area (Å²) in [7, 11) is 0. The number of hydrogen-bond acceptors (Lipinski definition) is 3. The van der Waals surface area contributed by atoms with E-state index in [2.05, 4.69) is 11.9 Å². The minimum Gasteiger partial charge on any atom is -0.511 e. The van der Waals surface area contributed by atoms with E-state index in [1.807, 2.05) is 12.1 Å². The summed E-state index contributed by atoms with van der Waals surface area (Å²) in [6.07, 6.45) is 0.882. The summed E-state index contributed by atoms with van der Waals surface area (Å²) < 4.78 is 0.